The zero-order chi connectivity index (χ0) is 10.2. The molecule has 0 aromatic heterocycles. The predicted molar refractivity (Wildman–Crippen MR) is 60.6 cm³/mol. The van der Waals surface area contributed by atoms with Gasteiger partial charge in [-0.1, -0.05) is 20.3 Å². The average molecular weight is 199 g/mol. The van der Waals surface area contributed by atoms with Gasteiger partial charge in [0.15, 0.2) is 0 Å². The molecule has 2 rings (SSSR count). The van der Waals surface area contributed by atoms with Crippen LogP contribution in [0, 0.1) is 0 Å². The molecule has 0 N–H and O–H groups in total. The maximum absolute atomic E-state index is 5.36. The zero-order valence-corrected chi connectivity index (χ0v) is 9.80. The second-order valence-corrected chi connectivity index (χ2v) is 3.94. The average Bonchev–Trinajstić information content (AvgIpc) is 2.34. The highest BCUT2D eigenvalue weighted by atomic mass is 16.5. The van der Waals surface area contributed by atoms with Gasteiger partial charge >= 0.3 is 0 Å². The third-order valence-electron chi connectivity index (χ3n) is 3.10. The van der Waals surface area contributed by atoms with E-state index in [2.05, 4.69) is 4.90 Å². The monoisotopic (exact) mass is 199 g/mol. The normalized spacial score (nSPS) is 25.3. The van der Waals surface area contributed by atoms with Crippen LogP contribution < -0.4 is 0 Å². The van der Waals surface area contributed by atoms with Crippen molar-refractivity contribution in [3.05, 3.63) is 0 Å². The van der Waals surface area contributed by atoms with E-state index in [1.165, 1.54) is 45.2 Å². The lowest BCUT2D eigenvalue weighted by Gasteiger charge is -2.36. The first-order chi connectivity index (χ1) is 6.97. The predicted octanol–water partition coefficient (Wildman–Crippen LogP) is 2.68. The Morgan fingerprint density at radius 1 is 0.929 bits per heavy atom. The van der Waals surface area contributed by atoms with Gasteiger partial charge in [0.2, 0.25) is 0 Å². The summed E-state index contributed by atoms with van der Waals surface area (Å²) in [6, 6.07) is 0.846. The van der Waals surface area contributed by atoms with Crippen LogP contribution in [0.2, 0.25) is 0 Å². The van der Waals surface area contributed by atoms with Crippen LogP contribution in [0.5, 0.6) is 0 Å². The molecule has 2 saturated heterocycles. The minimum Gasteiger partial charge on any atom is -0.381 e. The zero-order valence-electron chi connectivity index (χ0n) is 9.80. The highest BCUT2D eigenvalue weighted by Crippen LogP contribution is 2.19. The lowest BCUT2D eigenvalue weighted by molar-refractivity contribution is 0.0274. The van der Waals surface area contributed by atoms with Crippen LogP contribution in [0.4, 0.5) is 0 Å². The Morgan fingerprint density at radius 2 is 1.50 bits per heavy atom. The minimum atomic E-state index is 0.846. The van der Waals surface area contributed by atoms with Crippen LogP contribution in [0.25, 0.3) is 0 Å². The number of piperidine rings is 1. The summed E-state index contributed by atoms with van der Waals surface area (Å²) in [6.45, 7) is 8.65. The molecule has 0 saturated carbocycles. The SMILES string of the molecule is C1CCN(C2CCOCC2)CC1.CC. The molecule has 2 aliphatic heterocycles. The van der Waals surface area contributed by atoms with E-state index in [0.29, 0.717) is 0 Å². The van der Waals surface area contributed by atoms with Gasteiger partial charge in [0.05, 0.1) is 0 Å². The third kappa shape index (κ3) is 3.58. The molecule has 2 heterocycles. The number of hydrogen-bond donors (Lipinski definition) is 0. The standard InChI is InChI=1S/C10H19NO.C2H6/c1-2-6-11(7-3-1)10-4-8-12-9-5-10;1-2/h10H,1-9H2;1-2H3. The van der Waals surface area contributed by atoms with Crippen LogP contribution in [-0.2, 0) is 4.74 Å². The maximum atomic E-state index is 5.36. The summed E-state index contributed by atoms with van der Waals surface area (Å²) in [5.74, 6) is 0. The van der Waals surface area contributed by atoms with Gasteiger partial charge in [0.1, 0.15) is 0 Å². The van der Waals surface area contributed by atoms with Crippen molar-refractivity contribution in [2.75, 3.05) is 26.3 Å². The van der Waals surface area contributed by atoms with E-state index in [1.807, 2.05) is 13.8 Å². The third-order valence-corrected chi connectivity index (χ3v) is 3.10. The van der Waals surface area contributed by atoms with Gasteiger partial charge in [-0.25, -0.2) is 0 Å². The quantitative estimate of drug-likeness (QED) is 0.644. The van der Waals surface area contributed by atoms with Crippen molar-refractivity contribution in [3.8, 4) is 0 Å². The van der Waals surface area contributed by atoms with E-state index in [9.17, 15) is 0 Å². The van der Waals surface area contributed by atoms with Crippen molar-refractivity contribution in [2.24, 2.45) is 0 Å². The first kappa shape index (κ1) is 12.0. The van der Waals surface area contributed by atoms with Crippen LogP contribution in [-0.4, -0.2) is 37.2 Å². The van der Waals surface area contributed by atoms with E-state index >= 15 is 0 Å². The van der Waals surface area contributed by atoms with Gasteiger partial charge in [-0.05, 0) is 38.8 Å². The first-order valence-electron chi connectivity index (χ1n) is 6.28. The van der Waals surface area contributed by atoms with Crippen molar-refractivity contribution in [1.82, 2.24) is 4.90 Å². The molecule has 2 fully saturated rings. The van der Waals surface area contributed by atoms with Gasteiger partial charge in [-0.2, -0.15) is 0 Å². The summed E-state index contributed by atoms with van der Waals surface area (Å²) in [6.07, 6.45) is 6.80. The Balaban J connectivity index is 0.000000461. The Morgan fingerprint density at radius 3 is 2.07 bits per heavy atom. The molecule has 2 heteroatoms. The van der Waals surface area contributed by atoms with E-state index in [1.54, 1.807) is 0 Å². The van der Waals surface area contributed by atoms with Crippen LogP contribution >= 0.6 is 0 Å². The highest BCUT2D eigenvalue weighted by Gasteiger charge is 2.22. The van der Waals surface area contributed by atoms with Crippen molar-refractivity contribution < 1.29 is 4.74 Å². The van der Waals surface area contributed by atoms with Crippen LogP contribution in [0.1, 0.15) is 46.0 Å². The highest BCUT2D eigenvalue weighted by molar-refractivity contribution is 4.76. The summed E-state index contributed by atoms with van der Waals surface area (Å²) in [4.78, 5) is 2.67. The van der Waals surface area contributed by atoms with E-state index in [-0.39, 0.29) is 0 Å². The summed E-state index contributed by atoms with van der Waals surface area (Å²) in [7, 11) is 0. The minimum absolute atomic E-state index is 0.846. The van der Waals surface area contributed by atoms with Gasteiger partial charge in [-0.3, -0.25) is 0 Å². The van der Waals surface area contributed by atoms with Gasteiger partial charge < -0.3 is 9.64 Å². The molecule has 0 atom stereocenters. The molecule has 0 bridgehead atoms. The second kappa shape index (κ2) is 7.24. The summed E-state index contributed by atoms with van der Waals surface area (Å²) in [5.41, 5.74) is 0. The molecular formula is C12H25NO. The molecule has 0 spiro atoms. The Bertz CT molecular complexity index is 110. The first-order valence-corrected chi connectivity index (χ1v) is 6.28. The number of likely N-dealkylation sites (tertiary alicyclic amines) is 1. The van der Waals surface area contributed by atoms with Gasteiger partial charge in [0.25, 0.3) is 0 Å². The Kier molecular flexibility index (Phi) is 6.20. The second-order valence-electron chi connectivity index (χ2n) is 3.94. The molecule has 0 aliphatic carbocycles. The molecule has 0 radical (unpaired) electrons. The van der Waals surface area contributed by atoms with Gasteiger partial charge in [0, 0.05) is 19.3 Å². The fourth-order valence-electron chi connectivity index (χ4n) is 2.33. The fourth-order valence-corrected chi connectivity index (χ4v) is 2.33. The topological polar surface area (TPSA) is 12.5 Å². The molecule has 0 aromatic rings. The van der Waals surface area contributed by atoms with E-state index < -0.39 is 0 Å². The summed E-state index contributed by atoms with van der Waals surface area (Å²) >= 11 is 0. The van der Waals surface area contributed by atoms with Crippen molar-refractivity contribution in [2.45, 2.75) is 52.0 Å². The number of ether oxygens (including phenoxy) is 1. The number of rotatable bonds is 1. The van der Waals surface area contributed by atoms with Crippen molar-refractivity contribution in [3.63, 3.8) is 0 Å². The van der Waals surface area contributed by atoms with Crippen molar-refractivity contribution in [1.29, 1.82) is 0 Å². The maximum Gasteiger partial charge on any atom is 0.0480 e. The molecular weight excluding hydrogens is 174 g/mol. The van der Waals surface area contributed by atoms with Crippen LogP contribution in [0.3, 0.4) is 0 Å². The number of hydrogen-bond acceptors (Lipinski definition) is 2. The van der Waals surface area contributed by atoms with Crippen molar-refractivity contribution >= 4 is 0 Å². The molecule has 0 aromatic carbocycles. The van der Waals surface area contributed by atoms with E-state index in [0.717, 1.165) is 19.3 Å². The Hall–Kier alpha value is -0.0800. The summed E-state index contributed by atoms with van der Waals surface area (Å²) in [5, 5.41) is 0. The van der Waals surface area contributed by atoms with E-state index in [4.69, 9.17) is 4.74 Å². The largest absolute Gasteiger partial charge is 0.381 e. The number of nitrogens with zero attached hydrogens (tertiary/aromatic N) is 1. The molecule has 0 unspecified atom stereocenters. The lowest BCUT2D eigenvalue weighted by atomic mass is 10.0. The molecule has 2 aliphatic rings. The fraction of sp³-hybridized carbons (Fsp3) is 1.00. The molecule has 84 valence electrons. The molecule has 2 nitrogen and oxygen atoms in total. The smallest absolute Gasteiger partial charge is 0.0480 e. The molecule has 0 amide bonds. The summed E-state index contributed by atoms with van der Waals surface area (Å²) < 4.78 is 5.36. The van der Waals surface area contributed by atoms with Crippen LogP contribution in [0.15, 0.2) is 0 Å². The Labute approximate surface area is 88.6 Å². The van der Waals surface area contributed by atoms with Gasteiger partial charge in [-0.15, -0.1) is 0 Å². The molecule has 14 heavy (non-hydrogen) atoms. The lowest BCUT2D eigenvalue weighted by Crippen LogP contribution is -2.42.